The molecular weight excluding hydrogens is 264 g/mol. The molecule has 0 radical (unpaired) electrons. The number of anilines is 4. The first kappa shape index (κ1) is 17.4. The highest BCUT2D eigenvalue weighted by molar-refractivity contribution is 5.90. The molecule has 0 spiro atoms. The van der Waals surface area contributed by atoms with Crippen LogP contribution in [0.25, 0.3) is 0 Å². The lowest BCUT2D eigenvalue weighted by Gasteiger charge is -2.36. The Kier molecular flexibility index (Phi) is 6.58. The van der Waals surface area contributed by atoms with Gasteiger partial charge < -0.3 is 16.0 Å². The van der Waals surface area contributed by atoms with Crippen molar-refractivity contribution in [1.82, 2.24) is 10.4 Å². The summed E-state index contributed by atoms with van der Waals surface area (Å²) < 4.78 is 0. The van der Waals surface area contributed by atoms with Crippen LogP contribution in [0, 0.1) is 0 Å². The molecule has 0 fully saturated rings. The van der Waals surface area contributed by atoms with Crippen LogP contribution in [-0.4, -0.2) is 45.8 Å². The smallest absolute Gasteiger partial charge is 0.0956 e. The Hall–Kier alpha value is -1.66. The molecule has 0 bridgehead atoms. The topological polar surface area (TPSA) is 59.8 Å². The van der Waals surface area contributed by atoms with Gasteiger partial charge in [-0.15, -0.1) is 0 Å². The Labute approximate surface area is 128 Å². The van der Waals surface area contributed by atoms with Crippen LogP contribution < -0.4 is 26.5 Å². The van der Waals surface area contributed by atoms with E-state index in [-0.39, 0.29) is 0 Å². The lowest BCUT2D eigenvalue weighted by Crippen LogP contribution is -2.51. The quantitative estimate of drug-likeness (QED) is 0.503. The van der Waals surface area contributed by atoms with Crippen LogP contribution in [0.1, 0.15) is 20.8 Å². The fourth-order valence-corrected chi connectivity index (χ4v) is 2.46. The Morgan fingerprint density at radius 2 is 1.71 bits per heavy atom. The number of benzene rings is 1. The molecular formula is C15H30N6. The molecule has 1 aromatic carbocycles. The van der Waals surface area contributed by atoms with Crippen molar-refractivity contribution in [2.45, 2.75) is 20.8 Å². The molecule has 0 aromatic heterocycles. The summed E-state index contributed by atoms with van der Waals surface area (Å²) >= 11 is 0. The van der Waals surface area contributed by atoms with Crippen molar-refractivity contribution in [1.29, 1.82) is 0 Å². The van der Waals surface area contributed by atoms with Crippen molar-refractivity contribution >= 4 is 22.7 Å². The van der Waals surface area contributed by atoms with E-state index in [1.807, 2.05) is 26.0 Å². The van der Waals surface area contributed by atoms with Crippen LogP contribution >= 0.6 is 0 Å². The van der Waals surface area contributed by atoms with Crippen LogP contribution in [0.2, 0.25) is 0 Å². The van der Waals surface area contributed by atoms with Crippen molar-refractivity contribution in [3.05, 3.63) is 12.1 Å². The maximum atomic E-state index is 6.45. The molecule has 0 amide bonds. The third-order valence-electron chi connectivity index (χ3n) is 3.46. The summed E-state index contributed by atoms with van der Waals surface area (Å²) in [6, 6.07) is 4.12. The highest BCUT2D eigenvalue weighted by atomic mass is 15.8. The number of hydrazine groups is 2. The second-order valence-electron chi connectivity index (χ2n) is 5.00. The minimum Gasteiger partial charge on any atom is -0.395 e. The normalized spacial score (nSPS) is 10.8. The van der Waals surface area contributed by atoms with E-state index in [0.29, 0.717) is 0 Å². The third kappa shape index (κ3) is 3.71. The average Bonchev–Trinajstić information content (AvgIpc) is 2.46. The molecule has 6 nitrogen and oxygen atoms in total. The Bertz CT molecular complexity index is 442. The number of nitrogens with two attached hydrogens (primary N) is 1. The van der Waals surface area contributed by atoms with Gasteiger partial charge in [0.15, 0.2) is 0 Å². The van der Waals surface area contributed by atoms with Crippen molar-refractivity contribution in [2.24, 2.45) is 0 Å². The summed E-state index contributed by atoms with van der Waals surface area (Å²) in [5, 5.41) is 7.47. The predicted octanol–water partition coefficient (Wildman–Crippen LogP) is 1.96. The minimum atomic E-state index is 0.764. The van der Waals surface area contributed by atoms with Gasteiger partial charge in [-0.25, -0.2) is 15.6 Å². The van der Waals surface area contributed by atoms with Crippen molar-refractivity contribution in [2.75, 3.05) is 61.8 Å². The molecule has 4 N–H and O–H groups in total. The zero-order valence-electron chi connectivity index (χ0n) is 14.2. The molecule has 0 atom stereocenters. The fourth-order valence-electron chi connectivity index (χ4n) is 2.46. The Morgan fingerprint density at radius 1 is 1.10 bits per heavy atom. The number of hydrogen-bond acceptors (Lipinski definition) is 6. The highest BCUT2D eigenvalue weighted by Gasteiger charge is 2.19. The molecule has 6 heteroatoms. The lowest BCUT2D eigenvalue weighted by molar-refractivity contribution is 0.244. The molecule has 0 heterocycles. The first-order valence-corrected chi connectivity index (χ1v) is 7.57. The van der Waals surface area contributed by atoms with Gasteiger partial charge in [-0.05, 0) is 12.1 Å². The van der Waals surface area contributed by atoms with Crippen LogP contribution in [0.4, 0.5) is 22.7 Å². The average molecular weight is 294 g/mol. The monoisotopic (exact) mass is 294 g/mol. The second kappa shape index (κ2) is 7.95. The summed E-state index contributed by atoms with van der Waals surface area (Å²) in [6.07, 6.45) is 0. The molecule has 0 unspecified atom stereocenters. The Morgan fingerprint density at radius 3 is 2.14 bits per heavy atom. The standard InChI is InChI=1S/C15H30N6/c1-7-18-21(20(8-2)9-3)13-11-10-12(17-4)15(14(13)16)19(5)6/h10-11,17-18H,7-9,16H2,1-6H3. The van der Waals surface area contributed by atoms with Gasteiger partial charge in [-0.1, -0.05) is 20.8 Å². The summed E-state index contributed by atoms with van der Waals surface area (Å²) in [7, 11) is 5.92. The molecule has 0 saturated carbocycles. The van der Waals surface area contributed by atoms with Crippen molar-refractivity contribution < 1.29 is 0 Å². The predicted molar refractivity (Wildman–Crippen MR) is 93.8 cm³/mol. The maximum Gasteiger partial charge on any atom is 0.0956 e. The van der Waals surface area contributed by atoms with Gasteiger partial charge in [-0.2, -0.15) is 0 Å². The maximum absolute atomic E-state index is 6.45. The highest BCUT2D eigenvalue weighted by Crippen LogP contribution is 2.38. The van der Waals surface area contributed by atoms with E-state index in [0.717, 1.165) is 42.4 Å². The van der Waals surface area contributed by atoms with E-state index in [1.54, 1.807) is 0 Å². The van der Waals surface area contributed by atoms with Crippen molar-refractivity contribution in [3.8, 4) is 0 Å². The molecule has 0 aliphatic carbocycles. The van der Waals surface area contributed by atoms with E-state index >= 15 is 0 Å². The van der Waals surface area contributed by atoms with Gasteiger partial charge in [-0.3, -0.25) is 0 Å². The Balaban J connectivity index is 3.35. The number of nitrogens with one attached hydrogen (secondary N) is 2. The number of nitrogens with zero attached hydrogens (tertiary/aromatic N) is 3. The van der Waals surface area contributed by atoms with Gasteiger partial charge in [0.05, 0.1) is 22.7 Å². The summed E-state index contributed by atoms with van der Waals surface area (Å²) in [5.74, 6) is 0. The van der Waals surface area contributed by atoms with Crippen LogP contribution in [0.3, 0.4) is 0 Å². The fraction of sp³-hybridized carbons (Fsp3) is 0.600. The van der Waals surface area contributed by atoms with E-state index in [1.165, 1.54) is 0 Å². The second-order valence-corrected chi connectivity index (χ2v) is 5.00. The lowest BCUT2D eigenvalue weighted by atomic mass is 10.2. The van der Waals surface area contributed by atoms with Crippen LogP contribution in [-0.2, 0) is 0 Å². The first-order valence-electron chi connectivity index (χ1n) is 7.57. The summed E-state index contributed by atoms with van der Waals surface area (Å²) in [5.41, 5.74) is 13.6. The first-order chi connectivity index (χ1) is 10.0. The van der Waals surface area contributed by atoms with E-state index in [4.69, 9.17) is 5.73 Å². The number of nitrogen functional groups attached to an aromatic ring is 1. The van der Waals surface area contributed by atoms with Gasteiger partial charge in [0, 0.05) is 40.8 Å². The minimum absolute atomic E-state index is 0.764. The van der Waals surface area contributed by atoms with Gasteiger partial charge in [0.25, 0.3) is 0 Å². The molecule has 1 aromatic rings. The molecule has 0 aliphatic rings. The van der Waals surface area contributed by atoms with E-state index in [2.05, 4.69) is 53.8 Å². The summed E-state index contributed by atoms with van der Waals surface area (Å²) in [4.78, 5) is 2.04. The van der Waals surface area contributed by atoms with Gasteiger partial charge in [0.2, 0.25) is 0 Å². The van der Waals surface area contributed by atoms with Crippen LogP contribution in [0.15, 0.2) is 12.1 Å². The largest absolute Gasteiger partial charge is 0.395 e. The molecule has 0 aliphatic heterocycles. The zero-order chi connectivity index (χ0) is 16.0. The molecule has 1 rings (SSSR count). The SMILES string of the molecule is CCNN(c1ccc(NC)c(N(C)C)c1N)N(CC)CC. The zero-order valence-corrected chi connectivity index (χ0v) is 14.2. The molecule has 120 valence electrons. The van der Waals surface area contributed by atoms with Crippen molar-refractivity contribution in [3.63, 3.8) is 0 Å². The van der Waals surface area contributed by atoms with Crippen LogP contribution in [0.5, 0.6) is 0 Å². The molecule has 0 saturated heterocycles. The third-order valence-corrected chi connectivity index (χ3v) is 3.46. The van der Waals surface area contributed by atoms with E-state index < -0.39 is 0 Å². The molecule has 21 heavy (non-hydrogen) atoms. The van der Waals surface area contributed by atoms with E-state index in [9.17, 15) is 0 Å². The van der Waals surface area contributed by atoms with Gasteiger partial charge >= 0.3 is 0 Å². The van der Waals surface area contributed by atoms with Gasteiger partial charge in [0.1, 0.15) is 0 Å². The number of hydrogen-bond donors (Lipinski definition) is 3. The summed E-state index contributed by atoms with van der Waals surface area (Å²) in [6.45, 7) is 9.02. The number of rotatable bonds is 8.